The van der Waals surface area contributed by atoms with E-state index >= 15 is 0 Å². The number of hydrogen-bond acceptors (Lipinski definition) is 2. The molecule has 4 rings (SSSR count). The molecule has 31 heavy (non-hydrogen) atoms. The van der Waals surface area contributed by atoms with Gasteiger partial charge in [-0.3, -0.25) is 9.80 Å². The molecular weight excluding hydrogens is 414 g/mol. The summed E-state index contributed by atoms with van der Waals surface area (Å²) in [7, 11) is 0. The van der Waals surface area contributed by atoms with Crippen molar-refractivity contribution >= 4 is 6.08 Å². The Labute approximate surface area is 189 Å². The van der Waals surface area contributed by atoms with Gasteiger partial charge in [0.1, 0.15) is 11.6 Å². The van der Waals surface area contributed by atoms with Gasteiger partial charge < -0.3 is 12.4 Å². The van der Waals surface area contributed by atoms with Crippen LogP contribution in [-0.2, 0) is 0 Å². The molecule has 3 aromatic carbocycles. The Morgan fingerprint density at radius 3 is 1.74 bits per heavy atom. The van der Waals surface area contributed by atoms with Gasteiger partial charge in [-0.25, -0.2) is 8.78 Å². The number of rotatable bonds is 6. The van der Waals surface area contributed by atoms with Gasteiger partial charge in [0.05, 0.1) is 6.04 Å². The lowest BCUT2D eigenvalue weighted by Gasteiger charge is -2.39. The van der Waals surface area contributed by atoms with Gasteiger partial charge >= 0.3 is 0 Å². The molecule has 0 spiro atoms. The zero-order valence-electron chi connectivity index (χ0n) is 17.3. The topological polar surface area (TPSA) is 6.48 Å². The summed E-state index contributed by atoms with van der Waals surface area (Å²) in [6.45, 7) is 4.63. The van der Waals surface area contributed by atoms with E-state index in [-0.39, 0.29) is 30.1 Å². The highest BCUT2D eigenvalue weighted by atomic mass is 35.5. The molecule has 0 saturated carbocycles. The Bertz CT molecular complexity index is 905. The number of halogens is 3. The summed E-state index contributed by atoms with van der Waals surface area (Å²) >= 11 is 0. The van der Waals surface area contributed by atoms with Crippen molar-refractivity contribution < 1.29 is 21.2 Å². The fraction of sp³-hybridized carbons (Fsp3) is 0.231. The van der Waals surface area contributed by atoms with Crippen molar-refractivity contribution in [1.82, 2.24) is 9.80 Å². The minimum atomic E-state index is -0.244. The summed E-state index contributed by atoms with van der Waals surface area (Å²) < 4.78 is 26.9. The van der Waals surface area contributed by atoms with Crippen molar-refractivity contribution in [1.29, 1.82) is 0 Å². The van der Waals surface area contributed by atoms with E-state index in [4.69, 9.17) is 0 Å². The molecule has 0 unspecified atom stereocenters. The molecule has 0 radical (unpaired) electrons. The van der Waals surface area contributed by atoms with Crippen LogP contribution in [0.15, 0.2) is 84.9 Å². The Morgan fingerprint density at radius 2 is 1.23 bits per heavy atom. The zero-order chi connectivity index (χ0) is 20.8. The molecule has 0 amide bonds. The van der Waals surface area contributed by atoms with E-state index in [1.54, 1.807) is 0 Å². The molecule has 5 heteroatoms. The van der Waals surface area contributed by atoms with Crippen LogP contribution in [0.1, 0.15) is 22.7 Å². The molecule has 0 aliphatic carbocycles. The molecule has 0 N–H and O–H groups in total. The van der Waals surface area contributed by atoms with E-state index in [1.807, 2.05) is 42.5 Å². The third-order valence-corrected chi connectivity index (χ3v) is 5.62. The van der Waals surface area contributed by atoms with E-state index in [2.05, 4.69) is 34.1 Å². The highest BCUT2D eigenvalue weighted by molar-refractivity contribution is 5.48. The molecule has 3 aromatic rings. The van der Waals surface area contributed by atoms with Gasteiger partial charge in [-0.2, -0.15) is 0 Å². The average Bonchev–Trinajstić information content (AvgIpc) is 2.78. The normalized spacial score (nSPS) is 15.3. The maximum absolute atomic E-state index is 13.5. The van der Waals surface area contributed by atoms with Crippen molar-refractivity contribution in [3.8, 4) is 0 Å². The summed E-state index contributed by atoms with van der Waals surface area (Å²) in [5.41, 5.74) is 3.27. The van der Waals surface area contributed by atoms with Gasteiger partial charge in [0.25, 0.3) is 0 Å². The van der Waals surface area contributed by atoms with Crippen LogP contribution in [0.2, 0.25) is 0 Å². The predicted molar refractivity (Wildman–Crippen MR) is 118 cm³/mol. The number of nitrogens with zero attached hydrogens (tertiary/aromatic N) is 2. The lowest BCUT2D eigenvalue weighted by molar-refractivity contribution is -0.00000714. The monoisotopic (exact) mass is 439 g/mol. The Balaban J connectivity index is 0.00000272. The van der Waals surface area contributed by atoms with Crippen LogP contribution in [-0.4, -0.2) is 42.5 Å². The van der Waals surface area contributed by atoms with Crippen molar-refractivity contribution in [2.45, 2.75) is 6.04 Å². The summed E-state index contributed by atoms with van der Waals surface area (Å²) in [5, 5.41) is 0. The highest BCUT2D eigenvalue weighted by Gasteiger charge is 2.26. The van der Waals surface area contributed by atoms with E-state index < -0.39 is 0 Å². The second-order valence-corrected chi connectivity index (χ2v) is 7.66. The predicted octanol–water partition coefficient (Wildman–Crippen LogP) is 2.39. The van der Waals surface area contributed by atoms with E-state index in [0.717, 1.165) is 43.9 Å². The number of piperazine rings is 1. The molecule has 0 bridgehead atoms. The molecule has 1 aliphatic heterocycles. The summed E-state index contributed by atoms with van der Waals surface area (Å²) in [4.78, 5) is 4.83. The third kappa shape index (κ3) is 6.23. The fourth-order valence-corrected chi connectivity index (χ4v) is 4.01. The van der Waals surface area contributed by atoms with Crippen LogP contribution < -0.4 is 12.4 Å². The van der Waals surface area contributed by atoms with Gasteiger partial charge in [-0.1, -0.05) is 66.7 Å². The summed E-state index contributed by atoms with van der Waals surface area (Å²) in [6.07, 6.45) is 4.37. The van der Waals surface area contributed by atoms with Crippen LogP contribution in [0.5, 0.6) is 0 Å². The van der Waals surface area contributed by atoms with E-state index in [1.165, 1.54) is 29.8 Å². The Morgan fingerprint density at radius 1 is 0.710 bits per heavy atom. The number of benzene rings is 3. The maximum atomic E-state index is 13.5. The molecule has 0 aromatic heterocycles. The third-order valence-electron chi connectivity index (χ3n) is 5.62. The van der Waals surface area contributed by atoms with Crippen LogP contribution in [0.4, 0.5) is 8.78 Å². The molecule has 1 saturated heterocycles. The Hall–Kier alpha value is -2.53. The first kappa shape index (κ1) is 23.1. The summed E-state index contributed by atoms with van der Waals surface area (Å²) in [6, 6.07) is 23.6. The van der Waals surface area contributed by atoms with Crippen LogP contribution in [0.25, 0.3) is 6.08 Å². The number of hydrogen-bond donors (Lipinski definition) is 0. The van der Waals surface area contributed by atoms with Gasteiger partial charge in [0, 0.05) is 32.7 Å². The minimum Gasteiger partial charge on any atom is -1.00 e. The van der Waals surface area contributed by atoms with Crippen LogP contribution in [0.3, 0.4) is 0 Å². The van der Waals surface area contributed by atoms with Crippen molar-refractivity contribution in [3.05, 3.63) is 113 Å². The van der Waals surface area contributed by atoms with Crippen LogP contribution in [0, 0.1) is 11.6 Å². The second-order valence-electron chi connectivity index (χ2n) is 7.66. The van der Waals surface area contributed by atoms with Crippen molar-refractivity contribution in [3.63, 3.8) is 0 Å². The SMILES string of the molecule is Fc1ccc(C(c2ccc(F)cc2)N2CCN(C/C=C/c3ccccc3)CC2)cc1.[Cl-]. The van der Waals surface area contributed by atoms with Gasteiger partial charge in [0.2, 0.25) is 0 Å². The highest BCUT2D eigenvalue weighted by Crippen LogP contribution is 2.30. The largest absolute Gasteiger partial charge is 1.00 e. The molecule has 1 fully saturated rings. The Kier molecular flexibility index (Phi) is 8.35. The van der Waals surface area contributed by atoms with Crippen molar-refractivity contribution in [2.24, 2.45) is 0 Å². The van der Waals surface area contributed by atoms with Gasteiger partial charge in [0.15, 0.2) is 0 Å². The zero-order valence-corrected chi connectivity index (χ0v) is 18.1. The maximum Gasteiger partial charge on any atom is 0.123 e. The van der Waals surface area contributed by atoms with Crippen LogP contribution >= 0.6 is 0 Å². The van der Waals surface area contributed by atoms with Crippen molar-refractivity contribution in [2.75, 3.05) is 32.7 Å². The summed E-state index contributed by atoms with van der Waals surface area (Å²) in [5.74, 6) is -0.488. The first-order valence-electron chi connectivity index (χ1n) is 10.4. The quantitative estimate of drug-likeness (QED) is 0.582. The van der Waals surface area contributed by atoms with Gasteiger partial charge in [-0.05, 0) is 41.0 Å². The standard InChI is InChI=1S/C26H26F2N2.ClH/c27-24-12-8-22(9-13-24)26(23-10-14-25(28)15-11-23)30-19-17-29(18-20-30)16-4-7-21-5-2-1-3-6-21;/h1-15,26H,16-20H2;1H/p-1/b7-4+;. The lowest BCUT2D eigenvalue weighted by Crippen LogP contribution is -3.00. The lowest BCUT2D eigenvalue weighted by atomic mass is 9.96. The van der Waals surface area contributed by atoms with E-state index in [0.29, 0.717) is 0 Å². The molecule has 2 nitrogen and oxygen atoms in total. The first-order chi connectivity index (χ1) is 14.7. The molecule has 162 valence electrons. The first-order valence-corrected chi connectivity index (χ1v) is 10.4. The average molecular weight is 440 g/mol. The molecular formula is C26H26ClF2N2-. The molecule has 0 atom stereocenters. The molecule has 1 heterocycles. The smallest absolute Gasteiger partial charge is 0.123 e. The fourth-order valence-electron chi connectivity index (χ4n) is 4.01. The second kappa shape index (κ2) is 11.2. The molecule has 1 aliphatic rings. The van der Waals surface area contributed by atoms with Gasteiger partial charge in [-0.15, -0.1) is 0 Å². The minimum absolute atomic E-state index is 0. The van der Waals surface area contributed by atoms with E-state index in [9.17, 15) is 8.78 Å².